The lowest BCUT2D eigenvalue weighted by Crippen LogP contribution is -1.88. The maximum Gasteiger partial charge on any atom is 0.136 e. The fourth-order valence-electron chi connectivity index (χ4n) is 1.62. The van der Waals surface area contributed by atoms with Gasteiger partial charge < -0.3 is 0 Å². The summed E-state index contributed by atoms with van der Waals surface area (Å²) in [6, 6.07) is 5.29. The summed E-state index contributed by atoms with van der Waals surface area (Å²) < 4.78 is 28.0. The Bertz CT molecular complexity index is 722. The van der Waals surface area contributed by atoms with Gasteiger partial charge in [-0.05, 0) is 12.1 Å². The summed E-state index contributed by atoms with van der Waals surface area (Å²) >= 11 is 6.92. The summed E-state index contributed by atoms with van der Waals surface area (Å²) in [4.78, 5) is 8.09. The summed E-state index contributed by atoms with van der Waals surface area (Å²) in [7, 11) is 0. The molecule has 3 rings (SSSR count). The van der Waals surface area contributed by atoms with Gasteiger partial charge in [0.15, 0.2) is 0 Å². The molecule has 0 spiro atoms. The van der Waals surface area contributed by atoms with E-state index in [9.17, 15) is 8.78 Å². The first-order chi connectivity index (χ1) is 8.65. The van der Waals surface area contributed by atoms with Gasteiger partial charge in [-0.15, -0.1) is 11.3 Å². The quantitative estimate of drug-likeness (QED) is 0.622. The molecule has 0 saturated heterocycles. The maximum absolute atomic E-state index is 13.6. The van der Waals surface area contributed by atoms with Gasteiger partial charge in [0.1, 0.15) is 21.8 Å². The number of fused-ring (bicyclic) bond motifs is 1. The van der Waals surface area contributed by atoms with Crippen LogP contribution in [0.2, 0.25) is 5.15 Å². The molecule has 2 heterocycles. The molecule has 1 aromatic carbocycles. The monoisotopic (exact) mass is 282 g/mol. The van der Waals surface area contributed by atoms with Crippen molar-refractivity contribution in [2.75, 3.05) is 0 Å². The van der Waals surface area contributed by atoms with E-state index in [0.717, 1.165) is 4.70 Å². The lowest BCUT2D eigenvalue weighted by atomic mass is 10.2. The number of benzene rings is 1. The highest BCUT2D eigenvalue weighted by molar-refractivity contribution is 7.21. The predicted octanol–water partition coefficient (Wildman–Crippen LogP) is 4.29. The second kappa shape index (κ2) is 4.26. The lowest BCUT2D eigenvalue weighted by molar-refractivity contribution is 0.589. The summed E-state index contributed by atoms with van der Waals surface area (Å²) in [6.45, 7) is 0. The zero-order valence-corrected chi connectivity index (χ0v) is 10.4. The van der Waals surface area contributed by atoms with Crippen LogP contribution < -0.4 is 0 Å². The second-order valence-electron chi connectivity index (χ2n) is 3.59. The minimum Gasteiger partial charge on any atom is -0.243 e. The zero-order chi connectivity index (χ0) is 12.7. The van der Waals surface area contributed by atoms with Crippen molar-refractivity contribution in [2.24, 2.45) is 0 Å². The van der Waals surface area contributed by atoms with Crippen molar-refractivity contribution >= 4 is 33.2 Å². The van der Waals surface area contributed by atoms with Crippen LogP contribution in [0.3, 0.4) is 0 Å². The largest absolute Gasteiger partial charge is 0.243 e. The second-order valence-corrected chi connectivity index (χ2v) is 5.01. The normalized spacial score (nSPS) is 11.1. The average Bonchev–Trinajstić information content (AvgIpc) is 2.71. The Hall–Kier alpha value is -1.59. The number of hydrogen-bond donors (Lipinski definition) is 0. The van der Waals surface area contributed by atoms with Gasteiger partial charge in [-0.2, -0.15) is 0 Å². The van der Waals surface area contributed by atoms with E-state index in [1.807, 2.05) is 0 Å². The van der Waals surface area contributed by atoms with E-state index in [0.29, 0.717) is 10.7 Å². The summed E-state index contributed by atoms with van der Waals surface area (Å²) in [5.41, 5.74) is 0.465. The number of aromatic nitrogens is 2. The lowest BCUT2D eigenvalue weighted by Gasteiger charge is -1.99. The molecule has 0 radical (unpaired) electrons. The van der Waals surface area contributed by atoms with Crippen LogP contribution in [-0.4, -0.2) is 9.97 Å². The topological polar surface area (TPSA) is 25.8 Å². The van der Waals surface area contributed by atoms with E-state index in [2.05, 4.69) is 9.97 Å². The number of halogens is 3. The zero-order valence-electron chi connectivity index (χ0n) is 8.82. The molecule has 3 aromatic rings. The Balaban J connectivity index is 2.26. The molecule has 0 amide bonds. The highest BCUT2D eigenvalue weighted by atomic mass is 35.5. The molecule has 6 heteroatoms. The highest BCUT2D eigenvalue weighted by Crippen LogP contribution is 2.33. The van der Waals surface area contributed by atoms with Crippen LogP contribution in [0, 0.1) is 11.6 Å². The third kappa shape index (κ3) is 1.85. The molecule has 0 N–H and O–H groups in total. The molecule has 0 unspecified atom stereocenters. The maximum atomic E-state index is 13.6. The number of hydrogen-bond acceptors (Lipinski definition) is 3. The van der Waals surface area contributed by atoms with Crippen molar-refractivity contribution in [1.82, 2.24) is 9.97 Å². The van der Waals surface area contributed by atoms with Crippen LogP contribution in [0.15, 0.2) is 30.5 Å². The minimum atomic E-state index is -0.631. The van der Waals surface area contributed by atoms with Crippen molar-refractivity contribution in [2.45, 2.75) is 0 Å². The van der Waals surface area contributed by atoms with Gasteiger partial charge in [-0.1, -0.05) is 17.7 Å². The molecular weight excluding hydrogens is 278 g/mol. The van der Waals surface area contributed by atoms with Crippen molar-refractivity contribution < 1.29 is 8.78 Å². The number of thiazole rings is 1. The standard InChI is InChI=1S/C12H5ClF2N2S/c13-10-4-8-9(5-16-10)18-12(17-8)11-6(14)2-1-3-7(11)15/h1-5H. The molecule has 0 aliphatic heterocycles. The van der Waals surface area contributed by atoms with Gasteiger partial charge in [0.25, 0.3) is 0 Å². The SMILES string of the molecule is Fc1cccc(F)c1-c1nc2cc(Cl)ncc2s1. The van der Waals surface area contributed by atoms with E-state index in [4.69, 9.17) is 11.6 Å². The average molecular weight is 283 g/mol. The third-order valence-electron chi connectivity index (χ3n) is 2.42. The van der Waals surface area contributed by atoms with Crippen LogP contribution >= 0.6 is 22.9 Å². The van der Waals surface area contributed by atoms with Crippen molar-refractivity contribution in [3.8, 4) is 10.6 Å². The Kier molecular flexibility index (Phi) is 2.72. The molecule has 0 saturated carbocycles. The molecule has 0 bridgehead atoms. The van der Waals surface area contributed by atoms with E-state index in [1.54, 1.807) is 6.07 Å². The predicted molar refractivity (Wildman–Crippen MR) is 67.8 cm³/mol. The first-order valence-electron chi connectivity index (χ1n) is 5.01. The first kappa shape index (κ1) is 11.5. The Morgan fingerprint density at radius 2 is 1.89 bits per heavy atom. The van der Waals surface area contributed by atoms with E-state index in [-0.39, 0.29) is 10.6 Å². The van der Waals surface area contributed by atoms with Crippen LogP contribution in [0.1, 0.15) is 0 Å². The van der Waals surface area contributed by atoms with E-state index < -0.39 is 11.6 Å². The highest BCUT2D eigenvalue weighted by Gasteiger charge is 2.15. The minimum absolute atomic E-state index is 0.116. The fourth-order valence-corrected chi connectivity index (χ4v) is 2.74. The summed E-state index contributed by atoms with van der Waals surface area (Å²) in [5.74, 6) is -1.26. The van der Waals surface area contributed by atoms with Gasteiger partial charge in [0, 0.05) is 12.3 Å². The molecule has 2 nitrogen and oxygen atoms in total. The molecular formula is C12H5ClF2N2S. The van der Waals surface area contributed by atoms with Crippen molar-refractivity contribution in [3.05, 3.63) is 47.2 Å². The first-order valence-corrected chi connectivity index (χ1v) is 6.21. The third-order valence-corrected chi connectivity index (χ3v) is 3.65. The molecule has 18 heavy (non-hydrogen) atoms. The molecule has 0 fully saturated rings. The van der Waals surface area contributed by atoms with Crippen LogP contribution in [-0.2, 0) is 0 Å². The van der Waals surface area contributed by atoms with Gasteiger partial charge in [-0.25, -0.2) is 18.7 Å². The van der Waals surface area contributed by atoms with Gasteiger partial charge in [0.05, 0.1) is 15.8 Å². The van der Waals surface area contributed by atoms with Crippen LogP contribution in [0.25, 0.3) is 20.8 Å². The summed E-state index contributed by atoms with van der Waals surface area (Å²) in [5, 5.41) is 0.582. The molecule has 0 aliphatic carbocycles. The summed E-state index contributed by atoms with van der Waals surface area (Å²) in [6.07, 6.45) is 1.54. The van der Waals surface area contributed by atoms with Crippen molar-refractivity contribution in [1.29, 1.82) is 0 Å². The molecule has 2 aromatic heterocycles. The fraction of sp³-hybridized carbons (Fsp3) is 0. The Morgan fingerprint density at radius 1 is 1.17 bits per heavy atom. The van der Waals surface area contributed by atoms with Crippen LogP contribution in [0.4, 0.5) is 8.78 Å². The van der Waals surface area contributed by atoms with E-state index in [1.165, 1.54) is 35.7 Å². The number of pyridine rings is 1. The Morgan fingerprint density at radius 3 is 2.61 bits per heavy atom. The number of rotatable bonds is 1. The smallest absolute Gasteiger partial charge is 0.136 e. The molecule has 0 atom stereocenters. The van der Waals surface area contributed by atoms with Crippen molar-refractivity contribution in [3.63, 3.8) is 0 Å². The number of nitrogens with zero attached hydrogens (tertiary/aromatic N) is 2. The molecule has 0 aliphatic rings. The van der Waals surface area contributed by atoms with Gasteiger partial charge in [0.2, 0.25) is 0 Å². The van der Waals surface area contributed by atoms with Gasteiger partial charge >= 0.3 is 0 Å². The Labute approximate surface area is 110 Å². The molecule has 90 valence electrons. The van der Waals surface area contributed by atoms with Crippen LogP contribution in [0.5, 0.6) is 0 Å². The van der Waals surface area contributed by atoms with E-state index >= 15 is 0 Å². The van der Waals surface area contributed by atoms with Gasteiger partial charge in [-0.3, -0.25) is 0 Å².